The van der Waals surface area contributed by atoms with Crippen LogP contribution in [0.25, 0.3) is 0 Å². The first-order chi connectivity index (χ1) is 8.93. The molecule has 0 amide bonds. The van der Waals surface area contributed by atoms with Crippen molar-refractivity contribution in [3.05, 3.63) is 37.1 Å². The first-order valence-electron chi connectivity index (χ1n) is 6.69. The van der Waals surface area contributed by atoms with Gasteiger partial charge in [-0.1, -0.05) is 33.1 Å². The summed E-state index contributed by atoms with van der Waals surface area (Å²) in [6.07, 6.45) is 7.27. The van der Waals surface area contributed by atoms with E-state index in [9.17, 15) is 9.90 Å². The molecule has 0 radical (unpaired) electrons. The number of hydrogen-bond acceptors (Lipinski definition) is 3. The molecule has 0 aromatic rings. The molecule has 1 aliphatic rings. The zero-order valence-corrected chi connectivity index (χ0v) is 11.9. The van der Waals surface area contributed by atoms with E-state index in [2.05, 4.69) is 27.0 Å². The monoisotopic (exact) mass is 264 g/mol. The molecule has 0 spiro atoms. The van der Waals surface area contributed by atoms with Crippen LogP contribution < -0.4 is 0 Å². The van der Waals surface area contributed by atoms with Gasteiger partial charge in [-0.3, -0.25) is 0 Å². The number of rotatable bonds is 7. The van der Waals surface area contributed by atoms with Gasteiger partial charge in [-0.25, -0.2) is 4.79 Å². The van der Waals surface area contributed by atoms with Crippen molar-refractivity contribution < 1.29 is 14.6 Å². The van der Waals surface area contributed by atoms with E-state index in [-0.39, 0.29) is 11.4 Å². The number of allylic oxidation sites excluding steroid dienone is 2. The van der Waals surface area contributed by atoms with Gasteiger partial charge in [0.1, 0.15) is 0 Å². The highest BCUT2D eigenvalue weighted by Crippen LogP contribution is 2.45. The van der Waals surface area contributed by atoms with Gasteiger partial charge >= 0.3 is 5.97 Å². The highest BCUT2D eigenvalue weighted by atomic mass is 16.5. The molecule has 2 unspecified atom stereocenters. The van der Waals surface area contributed by atoms with Crippen LogP contribution in [-0.4, -0.2) is 17.7 Å². The first-order valence-corrected chi connectivity index (χ1v) is 6.69. The molecule has 1 saturated carbocycles. The second kappa shape index (κ2) is 6.60. The second-order valence-electron chi connectivity index (χ2n) is 5.96. The summed E-state index contributed by atoms with van der Waals surface area (Å²) >= 11 is 0. The fourth-order valence-corrected chi connectivity index (χ4v) is 2.65. The van der Waals surface area contributed by atoms with Crippen molar-refractivity contribution in [3.63, 3.8) is 0 Å². The molecular weight excluding hydrogens is 240 g/mol. The molecular formula is C16H24O3. The molecule has 1 fully saturated rings. The number of hydrogen-bond donors (Lipinski definition) is 1. The van der Waals surface area contributed by atoms with Crippen LogP contribution in [0.4, 0.5) is 0 Å². The first kappa shape index (κ1) is 15.5. The topological polar surface area (TPSA) is 46.5 Å². The fraction of sp³-hybridized carbons (Fsp3) is 0.562. The summed E-state index contributed by atoms with van der Waals surface area (Å²) in [5.41, 5.74) is 0.846. The Morgan fingerprint density at radius 1 is 1.37 bits per heavy atom. The molecule has 1 N–H and O–H groups in total. The van der Waals surface area contributed by atoms with E-state index in [0.29, 0.717) is 18.4 Å². The van der Waals surface area contributed by atoms with E-state index in [1.807, 2.05) is 0 Å². The molecule has 3 heteroatoms. The predicted octanol–water partition coefficient (Wildman–Crippen LogP) is 3.79. The molecule has 0 heterocycles. The maximum absolute atomic E-state index is 11.1. The van der Waals surface area contributed by atoms with Gasteiger partial charge < -0.3 is 9.84 Å². The Hall–Kier alpha value is -1.51. The van der Waals surface area contributed by atoms with Gasteiger partial charge in [-0.2, -0.15) is 0 Å². The molecule has 0 bridgehead atoms. The number of ether oxygens (including phenoxy) is 1. The normalized spacial score (nSPS) is 23.4. The zero-order chi connectivity index (χ0) is 14.5. The minimum Gasteiger partial charge on any atom is -0.515 e. The Bertz CT molecular complexity index is 379. The van der Waals surface area contributed by atoms with E-state index in [0.717, 1.165) is 31.1 Å². The smallest absolute Gasteiger partial charge is 0.330 e. The lowest BCUT2D eigenvalue weighted by Gasteiger charge is -2.41. The van der Waals surface area contributed by atoms with Crippen LogP contribution in [0.15, 0.2) is 37.1 Å². The van der Waals surface area contributed by atoms with Gasteiger partial charge in [0.2, 0.25) is 0 Å². The Morgan fingerprint density at radius 2 is 2.05 bits per heavy atom. The number of esters is 1. The molecule has 106 valence electrons. The van der Waals surface area contributed by atoms with Gasteiger partial charge in [-0.15, -0.1) is 0 Å². The molecule has 1 rings (SSSR count). The highest BCUT2D eigenvalue weighted by molar-refractivity contribution is 5.81. The Morgan fingerprint density at radius 3 is 2.47 bits per heavy atom. The summed E-state index contributed by atoms with van der Waals surface area (Å²) in [7, 11) is 0. The van der Waals surface area contributed by atoms with Crippen LogP contribution in [-0.2, 0) is 9.53 Å². The lowest BCUT2D eigenvalue weighted by atomic mass is 9.64. The predicted molar refractivity (Wildman–Crippen MR) is 76.7 cm³/mol. The average Bonchev–Trinajstić information content (AvgIpc) is 2.38. The Balaban J connectivity index is 2.51. The van der Waals surface area contributed by atoms with Crippen LogP contribution in [0.3, 0.4) is 0 Å². The van der Waals surface area contributed by atoms with E-state index < -0.39 is 0 Å². The number of carbonyl (C=O) groups is 1. The highest BCUT2D eigenvalue weighted by Gasteiger charge is 2.37. The van der Waals surface area contributed by atoms with Crippen LogP contribution in [0.5, 0.6) is 0 Å². The zero-order valence-electron chi connectivity index (χ0n) is 11.9. The quantitative estimate of drug-likeness (QED) is 0.329. The van der Waals surface area contributed by atoms with Crippen LogP contribution in [0, 0.1) is 17.3 Å². The van der Waals surface area contributed by atoms with Crippen molar-refractivity contribution in [2.45, 2.75) is 33.1 Å². The molecule has 1 aliphatic carbocycles. The van der Waals surface area contributed by atoms with Crippen molar-refractivity contribution in [1.29, 1.82) is 0 Å². The number of aliphatic hydroxyl groups excluding tert-OH is 1. The van der Waals surface area contributed by atoms with E-state index >= 15 is 0 Å². The second-order valence-corrected chi connectivity index (χ2v) is 5.96. The van der Waals surface area contributed by atoms with Crippen molar-refractivity contribution in [2.75, 3.05) is 6.61 Å². The average molecular weight is 264 g/mol. The van der Waals surface area contributed by atoms with Gasteiger partial charge in [-0.05, 0) is 42.1 Å². The summed E-state index contributed by atoms with van der Waals surface area (Å²) in [4.78, 5) is 11.1. The maximum atomic E-state index is 11.1. The summed E-state index contributed by atoms with van der Waals surface area (Å²) in [5.74, 6) is 0.533. The van der Waals surface area contributed by atoms with E-state index in [1.165, 1.54) is 6.08 Å². The molecule has 0 aliphatic heterocycles. The van der Waals surface area contributed by atoms with Crippen LogP contribution in [0.2, 0.25) is 0 Å². The summed E-state index contributed by atoms with van der Waals surface area (Å²) in [5, 5.41) is 9.17. The molecule has 0 aromatic heterocycles. The third kappa shape index (κ3) is 4.27. The summed E-state index contributed by atoms with van der Waals surface area (Å²) < 4.78 is 5.13. The van der Waals surface area contributed by atoms with Gasteiger partial charge in [0, 0.05) is 6.08 Å². The standard InChI is InChI=1S/C16H24O3/c1-5-12(10-17)14-8-7-13(14)9-16(3,4)11-19-15(18)6-2/h5-6,10,13-14,17H,1-2,7-9,11H2,3-4H3/b12-10+. The van der Waals surface area contributed by atoms with Crippen molar-refractivity contribution in [2.24, 2.45) is 17.3 Å². The van der Waals surface area contributed by atoms with Crippen molar-refractivity contribution in [3.8, 4) is 0 Å². The molecule has 0 saturated heterocycles. The number of aliphatic hydroxyl groups is 1. The molecule has 2 atom stereocenters. The molecule has 0 aromatic carbocycles. The van der Waals surface area contributed by atoms with Gasteiger partial charge in [0.05, 0.1) is 12.9 Å². The largest absolute Gasteiger partial charge is 0.515 e. The van der Waals surface area contributed by atoms with Crippen molar-refractivity contribution >= 4 is 5.97 Å². The maximum Gasteiger partial charge on any atom is 0.330 e. The summed E-state index contributed by atoms with van der Waals surface area (Å²) in [6, 6.07) is 0. The lowest BCUT2D eigenvalue weighted by Crippen LogP contribution is -2.34. The number of carbonyl (C=O) groups excluding carboxylic acids is 1. The van der Waals surface area contributed by atoms with Gasteiger partial charge in [0.15, 0.2) is 0 Å². The van der Waals surface area contributed by atoms with E-state index in [1.54, 1.807) is 6.08 Å². The third-order valence-electron chi connectivity index (χ3n) is 3.82. The molecule has 19 heavy (non-hydrogen) atoms. The fourth-order valence-electron chi connectivity index (χ4n) is 2.65. The summed E-state index contributed by atoms with van der Waals surface area (Å²) in [6.45, 7) is 11.7. The molecule has 3 nitrogen and oxygen atoms in total. The van der Waals surface area contributed by atoms with Crippen LogP contribution in [0.1, 0.15) is 33.1 Å². The SMILES string of the molecule is C=CC(=O)OCC(C)(C)CC1CCC1/C(C=C)=C/O. The Kier molecular flexibility index (Phi) is 5.40. The third-order valence-corrected chi connectivity index (χ3v) is 3.82. The van der Waals surface area contributed by atoms with Crippen LogP contribution >= 0.6 is 0 Å². The minimum atomic E-state index is -0.375. The minimum absolute atomic E-state index is 0.0657. The van der Waals surface area contributed by atoms with Gasteiger partial charge in [0.25, 0.3) is 0 Å². The Labute approximate surface area is 115 Å². The lowest BCUT2D eigenvalue weighted by molar-refractivity contribution is -0.141. The van der Waals surface area contributed by atoms with E-state index in [4.69, 9.17) is 4.74 Å². The van der Waals surface area contributed by atoms with Crippen molar-refractivity contribution in [1.82, 2.24) is 0 Å².